The summed E-state index contributed by atoms with van der Waals surface area (Å²) in [4.78, 5) is 28.2. The molecule has 0 unspecified atom stereocenters. The lowest BCUT2D eigenvalue weighted by molar-refractivity contribution is 0.0517. The predicted octanol–water partition coefficient (Wildman–Crippen LogP) is 3.66. The topological polar surface area (TPSA) is 68.3 Å². The highest BCUT2D eigenvalue weighted by Gasteiger charge is 2.23. The van der Waals surface area contributed by atoms with Crippen LogP contribution in [0.5, 0.6) is 0 Å². The summed E-state index contributed by atoms with van der Waals surface area (Å²) in [5, 5.41) is 4.03. The maximum Gasteiger partial charge on any atom is 0.358 e. The summed E-state index contributed by atoms with van der Waals surface area (Å²) in [6.45, 7) is 3.47. The third kappa shape index (κ3) is 4.27. The third-order valence-electron chi connectivity index (χ3n) is 3.60. The average Bonchev–Trinajstić information content (AvgIpc) is 2.69. The van der Waals surface area contributed by atoms with Crippen LogP contribution in [0.1, 0.15) is 72.5 Å². The highest BCUT2D eigenvalue weighted by atomic mass is 32.1. The molecule has 1 aliphatic rings. The Kier molecular flexibility index (Phi) is 5.73. The number of thiazole rings is 1. The van der Waals surface area contributed by atoms with Crippen LogP contribution in [0.3, 0.4) is 0 Å². The highest BCUT2D eigenvalue weighted by Crippen LogP contribution is 2.27. The van der Waals surface area contributed by atoms with Gasteiger partial charge in [-0.25, -0.2) is 9.78 Å². The minimum Gasteiger partial charge on any atom is -0.461 e. The van der Waals surface area contributed by atoms with Crippen LogP contribution in [0.25, 0.3) is 0 Å². The second-order valence-electron chi connectivity index (χ2n) is 5.31. The number of aromatic nitrogens is 1. The van der Waals surface area contributed by atoms with Gasteiger partial charge in [-0.1, -0.05) is 37.0 Å². The molecule has 0 aromatic carbocycles. The number of anilines is 1. The Morgan fingerprint density at radius 2 is 1.95 bits per heavy atom. The summed E-state index contributed by atoms with van der Waals surface area (Å²) < 4.78 is 4.97. The molecule has 0 bridgehead atoms. The van der Waals surface area contributed by atoms with Gasteiger partial charge < -0.3 is 10.1 Å². The molecule has 0 amide bonds. The van der Waals surface area contributed by atoms with Gasteiger partial charge in [-0.2, -0.15) is 0 Å². The molecule has 1 fully saturated rings. The van der Waals surface area contributed by atoms with Gasteiger partial charge in [0, 0.05) is 13.0 Å². The maximum atomic E-state index is 11.9. The fourth-order valence-corrected chi connectivity index (χ4v) is 3.48. The van der Waals surface area contributed by atoms with E-state index in [4.69, 9.17) is 4.74 Å². The molecule has 1 aromatic heterocycles. The predicted molar refractivity (Wildman–Crippen MR) is 83.2 cm³/mol. The first-order valence-corrected chi connectivity index (χ1v) is 8.39. The van der Waals surface area contributed by atoms with E-state index >= 15 is 0 Å². The molecule has 1 saturated carbocycles. The summed E-state index contributed by atoms with van der Waals surface area (Å²) in [6.07, 6.45) is 7.22. The molecule has 21 heavy (non-hydrogen) atoms. The zero-order valence-corrected chi connectivity index (χ0v) is 13.4. The number of nitrogens with zero attached hydrogens (tertiary/aromatic N) is 1. The van der Waals surface area contributed by atoms with Gasteiger partial charge in [-0.15, -0.1) is 0 Å². The molecule has 0 spiro atoms. The molecule has 2 rings (SSSR count). The lowest BCUT2D eigenvalue weighted by atomic mass is 10.1. The van der Waals surface area contributed by atoms with Crippen molar-refractivity contribution in [2.24, 2.45) is 0 Å². The smallest absolute Gasteiger partial charge is 0.358 e. The average molecular weight is 310 g/mol. The normalized spacial score (nSPS) is 16.3. The maximum absolute atomic E-state index is 11.9. The minimum absolute atomic E-state index is 0.144. The molecule has 0 aliphatic heterocycles. The van der Waals surface area contributed by atoms with Crippen LogP contribution in [0.2, 0.25) is 0 Å². The van der Waals surface area contributed by atoms with Crippen LogP contribution in [-0.4, -0.2) is 29.4 Å². The van der Waals surface area contributed by atoms with Crippen LogP contribution in [0.4, 0.5) is 5.13 Å². The number of ether oxygens (including phenoxy) is 1. The number of rotatable bonds is 5. The number of carbonyl (C=O) groups is 2. The van der Waals surface area contributed by atoms with Crippen molar-refractivity contribution in [1.29, 1.82) is 0 Å². The van der Waals surface area contributed by atoms with Crippen LogP contribution in [0.15, 0.2) is 0 Å². The zero-order valence-electron chi connectivity index (χ0n) is 12.6. The number of carbonyl (C=O) groups excluding carboxylic acids is 2. The molecular formula is C15H22N2O3S. The van der Waals surface area contributed by atoms with E-state index in [9.17, 15) is 9.59 Å². The Hall–Kier alpha value is -1.43. The van der Waals surface area contributed by atoms with Gasteiger partial charge in [0.1, 0.15) is 4.88 Å². The second-order valence-corrected chi connectivity index (χ2v) is 6.31. The van der Waals surface area contributed by atoms with Crippen molar-refractivity contribution in [2.45, 2.75) is 58.4 Å². The van der Waals surface area contributed by atoms with E-state index in [1.165, 1.54) is 43.9 Å². The highest BCUT2D eigenvalue weighted by molar-refractivity contribution is 7.17. The molecular weight excluding hydrogens is 288 g/mol. The summed E-state index contributed by atoms with van der Waals surface area (Å²) in [7, 11) is 0. The number of hydrogen-bond acceptors (Lipinski definition) is 6. The molecule has 1 N–H and O–H groups in total. The Labute approximate surface area is 129 Å². The van der Waals surface area contributed by atoms with Crippen molar-refractivity contribution in [3.8, 4) is 0 Å². The van der Waals surface area contributed by atoms with E-state index in [0.717, 1.165) is 12.8 Å². The Balaban J connectivity index is 2.14. The van der Waals surface area contributed by atoms with E-state index in [1.54, 1.807) is 6.92 Å². The van der Waals surface area contributed by atoms with E-state index in [0.29, 0.717) is 16.1 Å². The molecule has 1 heterocycles. The standard InChI is InChI=1S/C15H22N2O3S/c1-3-20-14(19)12-13(10(2)18)21-15(17-12)16-11-8-6-4-5-7-9-11/h11H,3-9H2,1-2H3,(H,16,17). The number of nitrogens with one attached hydrogen (secondary N) is 1. The van der Waals surface area contributed by atoms with Gasteiger partial charge in [0.25, 0.3) is 0 Å². The Morgan fingerprint density at radius 1 is 1.29 bits per heavy atom. The summed E-state index contributed by atoms with van der Waals surface area (Å²) >= 11 is 1.25. The van der Waals surface area contributed by atoms with Crippen molar-refractivity contribution in [2.75, 3.05) is 11.9 Å². The minimum atomic E-state index is -0.520. The number of ketones is 1. The van der Waals surface area contributed by atoms with Crippen molar-refractivity contribution in [3.05, 3.63) is 10.6 Å². The molecule has 6 heteroatoms. The number of Topliss-reactive ketones (excluding diaryl/α,β-unsaturated/α-hetero) is 1. The fraction of sp³-hybridized carbons (Fsp3) is 0.667. The van der Waals surface area contributed by atoms with Gasteiger partial charge in [0.05, 0.1) is 6.61 Å². The lowest BCUT2D eigenvalue weighted by Crippen LogP contribution is -2.18. The van der Waals surface area contributed by atoms with Gasteiger partial charge in [0.15, 0.2) is 16.6 Å². The number of hydrogen-bond donors (Lipinski definition) is 1. The third-order valence-corrected chi connectivity index (χ3v) is 4.69. The van der Waals surface area contributed by atoms with Crippen molar-refractivity contribution >= 4 is 28.2 Å². The largest absolute Gasteiger partial charge is 0.461 e. The Morgan fingerprint density at radius 3 is 2.52 bits per heavy atom. The van der Waals surface area contributed by atoms with E-state index in [1.807, 2.05) is 0 Å². The summed E-state index contributed by atoms with van der Waals surface area (Å²) in [5.74, 6) is -0.669. The quantitative estimate of drug-likeness (QED) is 0.510. The molecule has 5 nitrogen and oxygen atoms in total. The fourth-order valence-electron chi connectivity index (χ4n) is 2.56. The van der Waals surface area contributed by atoms with Gasteiger partial charge in [0.2, 0.25) is 0 Å². The van der Waals surface area contributed by atoms with Crippen LogP contribution < -0.4 is 5.32 Å². The summed E-state index contributed by atoms with van der Waals surface area (Å²) in [5.41, 5.74) is 0.144. The SMILES string of the molecule is CCOC(=O)c1nc(NC2CCCCCC2)sc1C(C)=O. The lowest BCUT2D eigenvalue weighted by Gasteiger charge is -2.14. The molecule has 1 aromatic rings. The van der Waals surface area contributed by atoms with Crippen molar-refractivity contribution in [1.82, 2.24) is 4.98 Å². The first-order valence-electron chi connectivity index (χ1n) is 7.57. The van der Waals surface area contributed by atoms with E-state index in [2.05, 4.69) is 10.3 Å². The van der Waals surface area contributed by atoms with E-state index < -0.39 is 5.97 Å². The molecule has 0 radical (unpaired) electrons. The van der Waals surface area contributed by atoms with E-state index in [-0.39, 0.29) is 18.1 Å². The van der Waals surface area contributed by atoms with Crippen molar-refractivity contribution < 1.29 is 14.3 Å². The second kappa shape index (κ2) is 7.54. The van der Waals surface area contributed by atoms with Crippen LogP contribution in [0, 0.1) is 0 Å². The van der Waals surface area contributed by atoms with Gasteiger partial charge >= 0.3 is 5.97 Å². The first-order chi connectivity index (χ1) is 10.1. The summed E-state index contributed by atoms with van der Waals surface area (Å²) in [6, 6.07) is 0.383. The molecule has 116 valence electrons. The zero-order chi connectivity index (χ0) is 15.2. The number of esters is 1. The molecule has 0 saturated heterocycles. The van der Waals surface area contributed by atoms with Crippen LogP contribution >= 0.6 is 11.3 Å². The van der Waals surface area contributed by atoms with Gasteiger partial charge in [-0.3, -0.25) is 4.79 Å². The van der Waals surface area contributed by atoms with Crippen LogP contribution in [-0.2, 0) is 4.74 Å². The van der Waals surface area contributed by atoms with Crippen molar-refractivity contribution in [3.63, 3.8) is 0 Å². The monoisotopic (exact) mass is 310 g/mol. The Bertz CT molecular complexity index is 505. The van der Waals surface area contributed by atoms with Gasteiger partial charge in [-0.05, 0) is 19.8 Å². The molecule has 1 aliphatic carbocycles. The first kappa shape index (κ1) is 15.9. The molecule has 0 atom stereocenters.